The zero-order valence-electron chi connectivity index (χ0n) is 37.6. The smallest absolute Gasteiger partial charge is 0.331 e. The minimum Gasteiger partial charge on any atom is -0.553 e. The van der Waals surface area contributed by atoms with Crippen molar-refractivity contribution >= 4 is 23.0 Å². The van der Waals surface area contributed by atoms with Crippen LogP contribution in [-0.2, 0) is 40.2 Å². The first-order valence-electron chi connectivity index (χ1n) is 23.5. The number of quaternary nitrogens is 1. The third-order valence-electron chi connectivity index (χ3n) is 12.3. The second kappa shape index (κ2) is 26.0. The summed E-state index contributed by atoms with van der Waals surface area (Å²) in [6.07, 6.45) is 29.8. The number of pyridine rings is 1. The zero-order chi connectivity index (χ0) is 41.6. The molecule has 0 spiro atoms. The average Bonchev–Trinajstić information content (AvgIpc) is 3.50. The molecule has 0 bridgehead atoms. The highest BCUT2D eigenvalue weighted by Gasteiger charge is 2.32. The highest BCUT2D eigenvalue weighted by Crippen LogP contribution is 2.34. The van der Waals surface area contributed by atoms with Crippen LogP contribution >= 0.6 is 0 Å². The molecule has 0 aliphatic carbocycles. The number of esters is 1. The quantitative estimate of drug-likeness (QED) is 0.0229. The minimum atomic E-state index is -0.861. The lowest BCUT2D eigenvalue weighted by Crippen LogP contribution is -2.50. The predicted octanol–water partition coefficient (Wildman–Crippen LogP) is 11.5. The Hall–Kier alpha value is -3.39. The SMILES string of the molecule is CCCCCCCCCCCCCCCCCCCCCCOC(=O)C(N=C([O-])OC[N+]1(C)CCc2c(c3cc(C)ccc3n2CCc2ccc(C)nc2)C1)C(C)C. The van der Waals surface area contributed by atoms with Gasteiger partial charge in [0.05, 0.1) is 20.2 Å². The summed E-state index contributed by atoms with van der Waals surface area (Å²) in [5.41, 5.74) is 7.46. The lowest BCUT2D eigenvalue weighted by molar-refractivity contribution is -0.940. The number of unbranched alkanes of at least 4 members (excludes halogenated alkanes) is 19. The summed E-state index contributed by atoms with van der Waals surface area (Å²) in [4.78, 5) is 21.7. The molecule has 0 fully saturated rings. The molecule has 2 aromatic heterocycles. The van der Waals surface area contributed by atoms with E-state index < -0.39 is 18.1 Å². The van der Waals surface area contributed by atoms with Crippen LogP contribution in [0.5, 0.6) is 0 Å². The van der Waals surface area contributed by atoms with E-state index in [0.717, 1.165) is 51.0 Å². The van der Waals surface area contributed by atoms with E-state index in [4.69, 9.17) is 9.47 Å². The number of carbonyl (C=O) groups excluding carboxylic acids is 1. The summed E-state index contributed by atoms with van der Waals surface area (Å²) in [6.45, 7) is 13.3. The van der Waals surface area contributed by atoms with Crippen LogP contribution in [0, 0.1) is 19.8 Å². The summed E-state index contributed by atoms with van der Waals surface area (Å²) < 4.78 is 14.4. The fourth-order valence-corrected chi connectivity index (χ4v) is 8.59. The summed E-state index contributed by atoms with van der Waals surface area (Å²) in [6, 6.07) is 10.1. The van der Waals surface area contributed by atoms with Crippen molar-refractivity contribution in [3.05, 3.63) is 64.6 Å². The first-order chi connectivity index (χ1) is 28.1. The topological polar surface area (TPSA) is 88.8 Å². The van der Waals surface area contributed by atoms with E-state index in [1.54, 1.807) is 0 Å². The fraction of sp³-hybridized carbons (Fsp3) is 0.700. The molecule has 0 saturated carbocycles. The molecule has 1 aliphatic heterocycles. The number of aromatic nitrogens is 2. The number of benzene rings is 1. The third kappa shape index (κ3) is 16.3. The van der Waals surface area contributed by atoms with Crippen LogP contribution < -0.4 is 5.11 Å². The molecule has 4 rings (SSSR count). The number of hydrogen-bond acceptors (Lipinski definition) is 6. The van der Waals surface area contributed by atoms with Gasteiger partial charge in [-0.15, -0.1) is 0 Å². The van der Waals surface area contributed by atoms with Crippen LogP contribution in [0.4, 0.5) is 0 Å². The molecule has 324 valence electrons. The normalized spacial score (nSPS) is 16.2. The Bertz CT molecular complexity index is 1650. The lowest BCUT2D eigenvalue weighted by Gasteiger charge is -2.40. The molecule has 3 heterocycles. The van der Waals surface area contributed by atoms with Crippen molar-refractivity contribution in [1.29, 1.82) is 0 Å². The number of fused-ring (bicyclic) bond motifs is 3. The van der Waals surface area contributed by atoms with Crippen LogP contribution in [0.3, 0.4) is 0 Å². The molecule has 1 aliphatic rings. The summed E-state index contributed by atoms with van der Waals surface area (Å²) in [5, 5.41) is 14.3. The Labute approximate surface area is 352 Å². The van der Waals surface area contributed by atoms with Gasteiger partial charge in [-0.2, -0.15) is 0 Å². The van der Waals surface area contributed by atoms with Gasteiger partial charge < -0.3 is 23.6 Å². The summed E-state index contributed by atoms with van der Waals surface area (Å²) >= 11 is 0. The summed E-state index contributed by atoms with van der Waals surface area (Å²) in [7, 11) is 2.14. The van der Waals surface area contributed by atoms with Gasteiger partial charge in [0.15, 0.2) is 6.04 Å². The summed E-state index contributed by atoms with van der Waals surface area (Å²) in [5.74, 6) is -0.598. The standard InChI is InChI=1S/C50H80N4O4/c1-7-8-9-10-11-12-13-14-15-16-17-18-19-20-21-22-23-24-25-26-35-57-49(55)48(40(2)3)52-50(56)58-39-54(6)34-32-47-45(38-54)44-36-41(4)27-30-46(44)53(47)33-31-43-29-28-42(5)51-37-43/h27-30,36-37,40,48H,7-26,31-35,38-39H2,1-6H3. The number of hydrogen-bond donors (Lipinski definition) is 0. The lowest BCUT2D eigenvalue weighted by atomic mass is 10.0. The molecule has 0 N–H and O–H groups in total. The van der Waals surface area contributed by atoms with E-state index in [1.807, 2.05) is 27.0 Å². The Morgan fingerprint density at radius 2 is 1.41 bits per heavy atom. The molecule has 8 heteroatoms. The van der Waals surface area contributed by atoms with Crippen molar-refractivity contribution < 1.29 is 23.9 Å². The van der Waals surface area contributed by atoms with E-state index in [2.05, 4.69) is 65.8 Å². The van der Waals surface area contributed by atoms with Crippen LogP contribution in [0.2, 0.25) is 0 Å². The Kier molecular flexibility index (Phi) is 21.2. The van der Waals surface area contributed by atoms with Crippen molar-refractivity contribution in [2.75, 3.05) is 26.9 Å². The number of aliphatic imine (C=N–C) groups is 1. The molecule has 2 atom stereocenters. The van der Waals surface area contributed by atoms with E-state index in [9.17, 15) is 9.90 Å². The van der Waals surface area contributed by atoms with E-state index >= 15 is 0 Å². The van der Waals surface area contributed by atoms with Crippen molar-refractivity contribution in [1.82, 2.24) is 9.55 Å². The van der Waals surface area contributed by atoms with Crippen molar-refractivity contribution in [3.63, 3.8) is 0 Å². The number of ether oxygens (including phenoxy) is 2. The first-order valence-corrected chi connectivity index (χ1v) is 23.5. The van der Waals surface area contributed by atoms with Crippen LogP contribution in [0.1, 0.15) is 177 Å². The van der Waals surface area contributed by atoms with Gasteiger partial charge in [-0.1, -0.05) is 160 Å². The van der Waals surface area contributed by atoms with Crippen molar-refractivity contribution in [3.8, 4) is 0 Å². The van der Waals surface area contributed by atoms with Gasteiger partial charge in [0.25, 0.3) is 0 Å². The van der Waals surface area contributed by atoms with E-state index in [0.29, 0.717) is 11.1 Å². The number of carbonyl (C=O) groups is 1. The molecular formula is C50H80N4O4. The van der Waals surface area contributed by atoms with E-state index in [-0.39, 0.29) is 12.6 Å². The molecule has 0 amide bonds. The number of nitrogens with zero attached hydrogens (tertiary/aromatic N) is 4. The van der Waals surface area contributed by atoms with Crippen molar-refractivity contribution in [2.24, 2.45) is 10.9 Å². The highest BCUT2D eigenvalue weighted by molar-refractivity contribution is 5.86. The molecule has 0 saturated heterocycles. The molecule has 58 heavy (non-hydrogen) atoms. The van der Waals surface area contributed by atoms with Gasteiger partial charge in [0.1, 0.15) is 19.4 Å². The van der Waals surface area contributed by atoms with Gasteiger partial charge in [0.2, 0.25) is 0 Å². The highest BCUT2D eigenvalue weighted by atomic mass is 16.6. The number of aryl methyl sites for hydroxylation is 4. The monoisotopic (exact) mass is 801 g/mol. The number of likely N-dealkylation sites (N-methyl/N-ethyl adjacent to an activating group) is 1. The molecule has 1 aromatic carbocycles. The van der Waals surface area contributed by atoms with Gasteiger partial charge in [0, 0.05) is 47.0 Å². The van der Waals surface area contributed by atoms with Gasteiger partial charge in [-0.05, 0) is 56.4 Å². The van der Waals surface area contributed by atoms with Gasteiger partial charge in [-0.3, -0.25) is 9.98 Å². The molecule has 2 unspecified atom stereocenters. The largest absolute Gasteiger partial charge is 0.553 e. The predicted molar refractivity (Wildman–Crippen MR) is 239 cm³/mol. The first kappa shape index (κ1) is 47.3. The van der Waals surface area contributed by atoms with Crippen LogP contribution in [0.25, 0.3) is 10.9 Å². The number of rotatable bonds is 29. The maximum atomic E-state index is 13.0. The average molecular weight is 801 g/mol. The molecule has 3 aromatic rings. The Morgan fingerprint density at radius 3 is 1.97 bits per heavy atom. The fourth-order valence-electron chi connectivity index (χ4n) is 8.59. The Balaban J connectivity index is 1.10. The third-order valence-corrected chi connectivity index (χ3v) is 12.3. The van der Waals surface area contributed by atoms with Crippen molar-refractivity contribution in [2.45, 2.75) is 195 Å². The van der Waals surface area contributed by atoms with E-state index in [1.165, 1.54) is 149 Å². The van der Waals surface area contributed by atoms with Crippen LogP contribution in [-0.4, -0.2) is 59.1 Å². The maximum Gasteiger partial charge on any atom is 0.331 e. The minimum absolute atomic E-state index is 0.165. The van der Waals surface area contributed by atoms with Crippen LogP contribution in [0.15, 0.2) is 41.5 Å². The Morgan fingerprint density at radius 1 is 0.828 bits per heavy atom. The maximum absolute atomic E-state index is 13.0. The second-order valence-corrected chi connectivity index (χ2v) is 18.1. The zero-order valence-corrected chi connectivity index (χ0v) is 37.6. The van der Waals surface area contributed by atoms with Gasteiger partial charge in [-0.25, -0.2) is 4.79 Å². The molecule has 0 radical (unpaired) electrons. The molecular weight excluding hydrogens is 721 g/mol. The van der Waals surface area contributed by atoms with Gasteiger partial charge >= 0.3 is 5.97 Å². The second-order valence-electron chi connectivity index (χ2n) is 18.1. The molecule has 8 nitrogen and oxygen atoms in total.